The second-order valence-electron chi connectivity index (χ2n) is 5.57. The Morgan fingerprint density at radius 2 is 2.42 bits per heavy atom. The summed E-state index contributed by atoms with van der Waals surface area (Å²) in [6.45, 7) is 6.93. The number of nitrogens with one attached hydrogen (secondary N) is 1. The molecule has 1 N–H and O–H groups in total. The Kier molecular flexibility index (Phi) is 3.10. The van der Waals surface area contributed by atoms with Gasteiger partial charge in [0.2, 0.25) is 5.89 Å². The van der Waals surface area contributed by atoms with E-state index in [0.717, 1.165) is 25.5 Å². The number of hydrogen-bond acceptors (Lipinski definition) is 5. The molecule has 6 heteroatoms. The Bertz CT molecular complexity index is 535. The summed E-state index contributed by atoms with van der Waals surface area (Å²) in [6, 6.07) is 2.07. The van der Waals surface area contributed by atoms with E-state index in [1.165, 1.54) is 18.5 Å². The van der Waals surface area contributed by atoms with Crippen molar-refractivity contribution in [2.75, 3.05) is 13.1 Å². The zero-order valence-corrected chi connectivity index (χ0v) is 11.4. The van der Waals surface area contributed by atoms with Crippen molar-refractivity contribution in [1.82, 2.24) is 25.2 Å². The van der Waals surface area contributed by atoms with Gasteiger partial charge in [-0.2, -0.15) is 10.1 Å². The molecule has 0 aromatic carbocycles. The summed E-state index contributed by atoms with van der Waals surface area (Å²) in [5, 5.41) is 11.2. The molecule has 0 bridgehead atoms. The minimum absolute atomic E-state index is 0.132. The van der Waals surface area contributed by atoms with Gasteiger partial charge in [0.1, 0.15) is 0 Å². The largest absolute Gasteiger partial charge is 0.340 e. The van der Waals surface area contributed by atoms with Crippen LogP contribution in [0.3, 0.4) is 0 Å². The van der Waals surface area contributed by atoms with E-state index >= 15 is 0 Å². The molecule has 1 saturated heterocycles. The predicted molar refractivity (Wildman–Crippen MR) is 69.5 cm³/mol. The molecule has 19 heavy (non-hydrogen) atoms. The monoisotopic (exact) mass is 261 g/mol. The van der Waals surface area contributed by atoms with Crippen molar-refractivity contribution in [3.63, 3.8) is 0 Å². The average molecular weight is 261 g/mol. The molecule has 1 atom stereocenters. The van der Waals surface area contributed by atoms with Gasteiger partial charge in [0, 0.05) is 30.8 Å². The van der Waals surface area contributed by atoms with Crippen molar-refractivity contribution in [3.05, 3.63) is 29.7 Å². The zero-order chi connectivity index (χ0) is 13.3. The highest BCUT2D eigenvalue weighted by Gasteiger charge is 2.34. The number of aromatic amines is 1. The SMILES string of the molecule is Cc1nc(CN2CCCC(C)(c3ccn[nH]3)C2)no1. The first-order chi connectivity index (χ1) is 9.16. The van der Waals surface area contributed by atoms with Gasteiger partial charge in [-0.1, -0.05) is 12.1 Å². The van der Waals surface area contributed by atoms with Gasteiger partial charge >= 0.3 is 0 Å². The normalized spacial score (nSPS) is 24.7. The number of nitrogens with zero attached hydrogens (tertiary/aromatic N) is 4. The summed E-state index contributed by atoms with van der Waals surface area (Å²) in [4.78, 5) is 6.66. The third-order valence-electron chi connectivity index (χ3n) is 3.86. The molecule has 0 saturated carbocycles. The van der Waals surface area contributed by atoms with Gasteiger partial charge in [-0.05, 0) is 25.5 Å². The maximum atomic E-state index is 5.03. The Morgan fingerprint density at radius 3 is 3.11 bits per heavy atom. The van der Waals surface area contributed by atoms with Crippen LogP contribution < -0.4 is 0 Å². The molecule has 2 aromatic rings. The molecule has 1 fully saturated rings. The lowest BCUT2D eigenvalue weighted by atomic mass is 9.79. The Labute approximate surface area is 112 Å². The molecule has 1 aliphatic rings. The summed E-state index contributed by atoms with van der Waals surface area (Å²) >= 11 is 0. The van der Waals surface area contributed by atoms with E-state index in [1.54, 1.807) is 0 Å². The van der Waals surface area contributed by atoms with Crippen LogP contribution >= 0.6 is 0 Å². The molecular formula is C13H19N5O. The summed E-state index contributed by atoms with van der Waals surface area (Å²) < 4.78 is 5.03. The number of rotatable bonds is 3. The molecule has 1 unspecified atom stereocenters. The van der Waals surface area contributed by atoms with E-state index in [2.05, 4.69) is 38.2 Å². The molecule has 0 amide bonds. The molecule has 3 heterocycles. The maximum absolute atomic E-state index is 5.03. The fourth-order valence-electron chi connectivity index (χ4n) is 2.90. The second-order valence-corrected chi connectivity index (χ2v) is 5.57. The number of piperidine rings is 1. The van der Waals surface area contributed by atoms with Crippen LogP contribution in [-0.2, 0) is 12.0 Å². The third-order valence-corrected chi connectivity index (χ3v) is 3.86. The Balaban J connectivity index is 1.71. The van der Waals surface area contributed by atoms with Gasteiger partial charge in [0.15, 0.2) is 5.82 Å². The minimum Gasteiger partial charge on any atom is -0.340 e. The lowest BCUT2D eigenvalue weighted by Crippen LogP contribution is -2.44. The smallest absolute Gasteiger partial charge is 0.223 e. The molecule has 0 radical (unpaired) electrons. The number of aryl methyl sites for hydroxylation is 1. The van der Waals surface area contributed by atoms with E-state index in [9.17, 15) is 0 Å². The summed E-state index contributed by atoms with van der Waals surface area (Å²) in [5.41, 5.74) is 1.34. The highest BCUT2D eigenvalue weighted by molar-refractivity contribution is 5.15. The van der Waals surface area contributed by atoms with E-state index in [0.29, 0.717) is 5.89 Å². The maximum Gasteiger partial charge on any atom is 0.223 e. The van der Waals surface area contributed by atoms with Gasteiger partial charge in [0.25, 0.3) is 0 Å². The van der Waals surface area contributed by atoms with Crippen LogP contribution in [0.2, 0.25) is 0 Å². The zero-order valence-electron chi connectivity index (χ0n) is 11.4. The van der Waals surface area contributed by atoms with E-state index in [1.807, 2.05) is 13.1 Å². The third kappa shape index (κ3) is 2.53. The predicted octanol–water partition coefficient (Wildman–Crippen LogP) is 1.65. The van der Waals surface area contributed by atoms with Crippen LogP contribution in [0, 0.1) is 6.92 Å². The highest BCUT2D eigenvalue weighted by atomic mass is 16.5. The summed E-state index contributed by atoms with van der Waals surface area (Å²) in [7, 11) is 0. The standard InChI is InChI=1S/C13H19N5O/c1-10-15-12(17-19-10)8-18-7-3-5-13(2,9-18)11-4-6-14-16-11/h4,6H,3,5,7-9H2,1-2H3,(H,14,16). The van der Waals surface area contributed by atoms with Crippen LogP contribution in [0.25, 0.3) is 0 Å². The minimum atomic E-state index is 0.132. The molecule has 102 valence electrons. The number of likely N-dealkylation sites (tertiary alicyclic amines) is 1. The topological polar surface area (TPSA) is 70.8 Å². The molecule has 0 aliphatic carbocycles. The van der Waals surface area contributed by atoms with Crippen LogP contribution in [0.1, 0.15) is 37.2 Å². The van der Waals surface area contributed by atoms with Crippen LogP contribution in [-0.4, -0.2) is 38.3 Å². The van der Waals surface area contributed by atoms with Gasteiger partial charge in [0.05, 0.1) is 6.54 Å². The summed E-state index contributed by atoms with van der Waals surface area (Å²) in [5.74, 6) is 1.40. The fourth-order valence-corrected chi connectivity index (χ4v) is 2.90. The van der Waals surface area contributed by atoms with Crippen LogP contribution in [0.5, 0.6) is 0 Å². The lowest BCUT2D eigenvalue weighted by molar-refractivity contribution is 0.143. The number of aromatic nitrogens is 4. The first-order valence-corrected chi connectivity index (χ1v) is 6.67. The van der Waals surface area contributed by atoms with Crippen molar-refractivity contribution in [3.8, 4) is 0 Å². The van der Waals surface area contributed by atoms with E-state index < -0.39 is 0 Å². The van der Waals surface area contributed by atoms with Crippen molar-refractivity contribution >= 4 is 0 Å². The number of H-pyrrole nitrogens is 1. The quantitative estimate of drug-likeness (QED) is 0.909. The van der Waals surface area contributed by atoms with Crippen molar-refractivity contribution in [2.24, 2.45) is 0 Å². The Morgan fingerprint density at radius 1 is 1.53 bits per heavy atom. The lowest BCUT2D eigenvalue weighted by Gasteiger charge is -2.39. The fraction of sp³-hybridized carbons (Fsp3) is 0.615. The molecule has 1 aliphatic heterocycles. The van der Waals surface area contributed by atoms with Gasteiger partial charge in [-0.25, -0.2) is 0 Å². The molecule has 2 aromatic heterocycles. The van der Waals surface area contributed by atoms with Crippen molar-refractivity contribution < 1.29 is 4.52 Å². The molecule has 3 rings (SSSR count). The van der Waals surface area contributed by atoms with Crippen LogP contribution in [0.15, 0.2) is 16.8 Å². The molecule has 0 spiro atoms. The van der Waals surface area contributed by atoms with Gasteiger partial charge in [-0.3, -0.25) is 10.00 Å². The first-order valence-electron chi connectivity index (χ1n) is 6.67. The van der Waals surface area contributed by atoms with Gasteiger partial charge in [-0.15, -0.1) is 0 Å². The van der Waals surface area contributed by atoms with E-state index in [-0.39, 0.29) is 5.41 Å². The number of hydrogen-bond donors (Lipinski definition) is 1. The van der Waals surface area contributed by atoms with Crippen molar-refractivity contribution in [1.29, 1.82) is 0 Å². The molecule has 6 nitrogen and oxygen atoms in total. The Hall–Kier alpha value is -1.69. The first kappa shape index (κ1) is 12.3. The van der Waals surface area contributed by atoms with Crippen LogP contribution in [0.4, 0.5) is 0 Å². The summed E-state index contributed by atoms with van der Waals surface area (Å²) in [6.07, 6.45) is 4.17. The molecular weight excluding hydrogens is 242 g/mol. The second kappa shape index (κ2) is 4.77. The highest BCUT2D eigenvalue weighted by Crippen LogP contribution is 2.32. The van der Waals surface area contributed by atoms with E-state index in [4.69, 9.17) is 4.52 Å². The average Bonchev–Trinajstić information content (AvgIpc) is 3.01. The van der Waals surface area contributed by atoms with Gasteiger partial charge < -0.3 is 4.52 Å². The van der Waals surface area contributed by atoms with Crippen molar-refractivity contribution in [2.45, 2.75) is 38.6 Å².